The first-order valence-corrected chi connectivity index (χ1v) is 5.54. The number of anilines is 1. The van der Waals surface area contributed by atoms with Crippen molar-refractivity contribution in [2.45, 2.75) is 32.4 Å². The summed E-state index contributed by atoms with van der Waals surface area (Å²) in [6.45, 7) is 5.32. The van der Waals surface area contributed by atoms with Crippen molar-refractivity contribution in [1.29, 1.82) is 0 Å². The molecule has 0 spiro atoms. The van der Waals surface area contributed by atoms with Gasteiger partial charge in [-0.1, -0.05) is 0 Å². The van der Waals surface area contributed by atoms with Crippen LogP contribution in [0.3, 0.4) is 0 Å². The first-order valence-electron chi connectivity index (χ1n) is 4.74. The normalized spacial score (nSPS) is 13.7. The molecular weight excluding hydrogens is 261 g/mol. The van der Waals surface area contributed by atoms with Gasteiger partial charge in [0.25, 0.3) is 0 Å². The highest BCUT2D eigenvalue weighted by atomic mass is 79.9. The Balaban J connectivity index is 2.82. The van der Waals surface area contributed by atoms with Crippen LogP contribution in [-0.2, 0) is 0 Å². The standard InChI is InChI=1S/C11H15BrFNO/c1-7(11(2,3)15)14-10-5-4-8(13)6-9(10)12/h4-7,14-15H,1-3H3. The first-order chi connectivity index (χ1) is 6.80. The largest absolute Gasteiger partial charge is 0.388 e. The van der Waals surface area contributed by atoms with Gasteiger partial charge < -0.3 is 10.4 Å². The molecule has 0 aliphatic carbocycles. The molecule has 0 fully saturated rings. The quantitative estimate of drug-likeness (QED) is 0.888. The second-order valence-corrected chi connectivity index (χ2v) is 5.00. The zero-order valence-corrected chi connectivity index (χ0v) is 10.6. The summed E-state index contributed by atoms with van der Waals surface area (Å²) < 4.78 is 13.5. The molecular formula is C11H15BrFNO. The molecule has 15 heavy (non-hydrogen) atoms. The molecule has 1 atom stereocenters. The van der Waals surface area contributed by atoms with Gasteiger partial charge in [-0.25, -0.2) is 4.39 Å². The van der Waals surface area contributed by atoms with Crippen LogP contribution in [0.25, 0.3) is 0 Å². The second kappa shape index (κ2) is 4.49. The van der Waals surface area contributed by atoms with Gasteiger partial charge in [-0.15, -0.1) is 0 Å². The Morgan fingerprint density at radius 3 is 2.53 bits per heavy atom. The van der Waals surface area contributed by atoms with Crippen LogP contribution in [0.5, 0.6) is 0 Å². The van der Waals surface area contributed by atoms with Crippen molar-refractivity contribution >= 4 is 21.6 Å². The van der Waals surface area contributed by atoms with Crippen molar-refractivity contribution in [3.05, 3.63) is 28.5 Å². The van der Waals surface area contributed by atoms with Gasteiger partial charge >= 0.3 is 0 Å². The van der Waals surface area contributed by atoms with Gasteiger partial charge in [0, 0.05) is 10.2 Å². The maximum absolute atomic E-state index is 12.8. The van der Waals surface area contributed by atoms with Gasteiger partial charge in [0.15, 0.2) is 0 Å². The molecule has 0 aliphatic heterocycles. The van der Waals surface area contributed by atoms with Crippen LogP contribution in [0, 0.1) is 5.82 Å². The van der Waals surface area contributed by atoms with Crippen molar-refractivity contribution in [3.8, 4) is 0 Å². The van der Waals surface area contributed by atoms with Crippen LogP contribution in [-0.4, -0.2) is 16.7 Å². The fourth-order valence-corrected chi connectivity index (χ4v) is 1.48. The maximum atomic E-state index is 12.8. The highest BCUT2D eigenvalue weighted by molar-refractivity contribution is 9.10. The Labute approximate surface area is 97.6 Å². The van der Waals surface area contributed by atoms with E-state index in [1.54, 1.807) is 19.9 Å². The van der Waals surface area contributed by atoms with E-state index in [1.165, 1.54) is 12.1 Å². The number of aliphatic hydroxyl groups is 1. The number of rotatable bonds is 3. The average Bonchev–Trinajstić information content (AvgIpc) is 2.08. The van der Waals surface area contributed by atoms with Crippen LogP contribution in [0.2, 0.25) is 0 Å². The molecule has 4 heteroatoms. The van der Waals surface area contributed by atoms with E-state index in [0.717, 1.165) is 5.69 Å². The molecule has 1 aromatic carbocycles. The molecule has 0 radical (unpaired) electrons. The topological polar surface area (TPSA) is 32.3 Å². The number of hydrogen-bond acceptors (Lipinski definition) is 2. The maximum Gasteiger partial charge on any atom is 0.124 e. The zero-order valence-electron chi connectivity index (χ0n) is 9.01. The average molecular weight is 276 g/mol. The van der Waals surface area contributed by atoms with E-state index in [2.05, 4.69) is 21.2 Å². The molecule has 1 rings (SSSR count). The molecule has 0 aromatic heterocycles. The van der Waals surface area contributed by atoms with Crippen molar-refractivity contribution < 1.29 is 9.50 Å². The highest BCUT2D eigenvalue weighted by Crippen LogP contribution is 2.25. The van der Waals surface area contributed by atoms with Gasteiger partial charge in [-0.3, -0.25) is 0 Å². The Hall–Kier alpha value is -0.610. The highest BCUT2D eigenvalue weighted by Gasteiger charge is 2.22. The van der Waals surface area contributed by atoms with Crippen molar-refractivity contribution in [3.63, 3.8) is 0 Å². The number of halogens is 2. The van der Waals surface area contributed by atoms with Crippen LogP contribution in [0.15, 0.2) is 22.7 Å². The molecule has 2 nitrogen and oxygen atoms in total. The van der Waals surface area contributed by atoms with Gasteiger partial charge in [-0.2, -0.15) is 0 Å². The molecule has 0 aliphatic rings. The van der Waals surface area contributed by atoms with Crippen LogP contribution >= 0.6 is 15.9 Å². The summed E-state index contributed by atoms with van der Waals surface area (Å²) in [5, 5.41) is 12.9. The molecule has 0 saturated carbocycles. The summed E-state index contributed by atoms with van der Waals surface area (Å²) in [5.41, 5.74) is -0.0561. The summed E-state index contributed by atoms with van der Waals surface area (Å²) in [5.74, 6) is -0.289. The third kappa shape index (κ3) is 3.47. The van der Waals surface area contributed by atoms with E-state index >= 15 is 0 Å². The molecule has 0 bridgehead atoms. The fraction of sp³-hybridized carbons (Fsp3) is 0.455. The Morgan fingerprint density at radius 2 is 2.07 bits per heavy atom. The third-order valence-corrected chi connectivity index (χ3v) is 3.02. The Morgan fingerprint density at radius 1 is 1.47 bits per heavy atom. The third-order valence-electron chi connectivity index (χ3n) is 2.36. The predicted octanol–water partition coefficient (Wildman–Crippen LogP) is 3.16. The minimum atomic E-state index is -0.826. The van der Waals surface area contributed by atoms with E-state index in [4.69, 9.17) is 0 Å². The number of nitrogens with one attached hydrogen (secondary N) is 1. The van der Waals surface area contributed by atoms with Crippen molar-refractivity contribution in [2.24, 2.45) is 0 Å². The van der Waals surface area contributed by atoms with E-state index in [9.17, 15) is 9.50 Å². The summed E-state index contributed by atoms with van der Waals surface area (Å²) in [6, 6.07) is 4.28. The predicted molar refractivity (Wildman–Crippen MR) is 63.5 cm³/mol. The van der Waals surface area contributed by atoms with Gasteiger partial charge in [0.1, 0.15) is 5.82 Å². The van der Waals surface area contributed by atoms with E-state index in [0.29, 0.717) is 4.47 Å². The van der Waals surface area contributed by atoms with Crippen LogP contribution < -0.4 is 5.32 Å². The lowest BCUT2D eigenvalue weighted by Crippen LogP contribution is -2.39. The molecule has 2 N–H and O–H groups in total. The van der Waals surface area contributed by atoms with Crippen LogP contribution in [0.4, 0.5) is 10.1 Å². The summed E-state index contributed by atoms with van der Waals surface area (Å²) in [4.78, 5) is 0. The molecule has 1 aromatic rings. The minimum absolute atomic E-state index is 0.126. The summed E-state index contributed by atoms with van der Waals surface area (Å²) in [6.07, 6.45) is 0. The molecule has 0 amide bonds. The minimum Gasteiger partial charge on any atom is -0.388 e. The van der Waals surface area contributed by atoms with Crippen molar-refractivity contribution in [2.75, 3.05) is 5.32 Å². The monoisotopic (exact) mass is 275 g/mol. The van der Waals surface area contributed by atoms with Gasteiger partial charge in [0.05, 0.1) is 11.6 Å². The molecule has 1 unspecified atom stereocenters. The van der Waals surface area contributed by atoms with Crippen molar-refractivity contribution in [1.82, 2.24) is 0 Å². The molecule has 0 saturated heterocycles. The molecule has 84 valence electrons. The van der Waals surface area contributed by atoms with Crippen LogP contribution in [0.1, 0.15) is 20.8 Å². The molecule has 0 heterocycles. The Bertz CT molecular complexity index is 349. The first kappa shape index (κ1) is 12.5. The lowest BCUT2D eigenvalue weighted by molar-refractivity contribution is 0.0649. The SMILES string of the molecule is CC(Nc1ccc(F)cc1Br)C(C)(C)O. The summed E-state index contributed by atoms with van der Waals surface area (Å²) >= 11 is 3.26. The van der Waals surface area contributed by atoms with Gasteiger partial charge in [-0.05, 0) is 54.9 Å². The number of benzene rings is 1. The van der Waals surface area contributed by atoms with Gasteiger partial charge in [0.2, 0.25) is 0 Å². The smallest absolute Gasteiger partial charge is 0.124 e. The lowest BCUT2D eigenvalue weighted by atomic mass is 10.0. The fourth-order valence-electron chi connectivity index (χ4n) is 1.02. The zero-order chi connectivity index (χ0) is 11.6. The van der Waals surface area contributed by atoms with E-state index < -0.39 is 5.60 Å². The Kier molecular flexibility index (Phi) is 3.73. The van der Waals surface area contributed by atoms with E-state index in [-0.39, 0.29) is 11.9 Å². The second-order valence-electron chi connectivity index (χ2n) is 4.14. The number of hydrogen-bond donors (Lipinski definition) is 2. The summed E-state index contributed by atoms with van der Waals surface area (Å²) in [7, 11) is 0. The lowest BCUT2D eigenvalue weighted by Gasteiger charge is -2.28. The van der Waals surface area contributed by atoms with E-state index in [1.807, 2.05) is 6.92 Å².